The van der Waals surface area contributed by atoms with Crippen molar-refractivity contribution in [2.24, 2.45) is 16.1 Å². The molecule has 5 heteroatoms. The fraction of sp³-hybridized carbons (Fsp3) is 0.625. The normalized spacial score (nSPS) is 25.2. The summed E-state index contributed by atoms with van der Waals surface area (Å²) in [4.78, 5) is 26.7. The van der Waals surface area contributed by atoms with Crippen molar-refractivity contribution in [2.45, 2.75) is 19.3 Å². The van der Waals surface area contributed by atoms with E-state index in [2.05, 4.69) is 10.3 Å². The largest absolute Gasteiger partial charge is 0.324 e. The Morgan fingerprint density at radius 2 is 2.15 bits per heavy atom. The summed E-state index contributed by atoms with van der Waals surface area (Å²) in [7, 11) is 0. The van der Waals surface area contributed by atoms with Gasteiger partial charge < -0.3 is 11.1 Å². The number of rotatable bonds is 1. The van der Waals surface area contributed by atoms with Crippen molar-refractivity contribution in [1.29, 1.82) is 0 Å². The predicted molar refractivity (Wildman–Crippen MR) is 45.9 cm³/mol. The maximum Gasteiger partial charge on any atom is 0.263 e. The molecule has 2 rings (SSSR count). The molecule has 13 heavy (non-hydrogen) atoms. The van der Waals surface area contributed by atoms with E-state index >= 15 is 0 Å². The van der Waals surface area contributed by atoms with Gasteiger partial charge >= 0.3 is 0 Å². The fourth-order valence-corrected chi connectivity index (χ4v) is 1.67. The second kappa shape index (κ2) is 2.63. The maximum absolute atomic E-state index is 11.5. The average Bonchev–Trinajstić information content (AvgIpc) is 2.00. The van der Waals surface area contributed by atoms with Crippen LogP contribution in [0, 0.1) is 5.41 Å². The predicted octanol–water partition coefficient (Wildman–Crippen LogP) is -0.830. The average molecular weight is 181 g/mol. The van der Waals surface area contributed by atoms with Gasteiger partial charge in [0.15, 0.2) is 0 Å². The van der Waals surface area contributed by atoms with Crippen LogP contribution in [0.2, 0.25) is 0 Å². The zero-order chi connectivity index (χ0) is 9.47. The molecule has 0 saturated heterocycles. The number of aliphatic imine (C=N–C) groups is 1. The third kappa shape index (κ3) is 1.00. The van der Waals surface area contributed by atoms with Crippen LogP contribution in [0.4, 0.5) is 0 Å². The van der Waals surface area contributed by atoms with Gasteiger partial charge in [-0.3, -0.25) is 9.59 Å². The molecule has 70 valence electrons. The number of hydrogen-bond acceptors (Lipinski definition) is 3. The number of carbonyl (C=O) groups is 2. The molecule has 3 N–H and O–H groups in total. The number of nitrogens with one attached hydrogen (secondary N) is 1. The summed E-state index contributed by atoms with van der Waals surface area (Å²) >= 11 is 0. The van der Waals surface area contributed by atoms with Crippen LogP contribution in [-0.2, 0) is 9.59 Å². The Kier molecular flexibility index (Phi) is 1.69. The van der Waals surface area contributed by atoms with Crippen LogP contribution in [0.3, 0.4) is 0 Å². The molecule has 0 bridgehead atoms. The highest BCUT2D eigenvalue weighted by molar-refractivity contribution is 6.19. The van der Waals surface area contributed by atoms with Gasteiger partial charge in [0, 0.05) is 0 Å². The first-order valence-corrected chi connectivity index (χ1v) is 4.32. The summed E-state index contributed by atoms with van der Waals surface area (Å²) in [5.74, 6) is -0.255. The summed E-state index contributed by atoms with van der Waals surface area (Å²) < 4.78 is 0. The van der Waals surface area contributed by atoms with E-state index in [0.717, 1.165) is 6.42 Å². The Morgan fingerprint density at radius 1 is 1.46 bits per heavy atom. The van der Waals surface area contributed by atoms with Gasteiger partial charge in [-0.25, -0.2) is 0 Å². The first-order chi connectivity index (χ1) is 6.19. The lowest BCUT2D eigenvalue weighted by Gasteiger charge is -2.39. The monoisotopic (exact) mass is 181 g/mol. The Hall–Kier alpha value is -1.23. The highest BCUT2D eigenvalue weighted by Gasteiger charge is 2.52. The van der Waals surface area contributed by atoms with E-state index in [1.54, 1.807) is 0 Å². The molecule has 1 aliphatic carbocycles. The Labute approximate surface area is 75.4 Å². The number of amides is 2. The molecule has 1 spiro atoms. The summed E-state index contributed by atoms with van der Waals surface area (Å²) in [6, 6.07) is 0. The first kappa shape index (κ1) is 8.37. The summed E-state index contributed by atoms with van der Waals surface area (Å²) in [5, 5.41) is 2.55. The third-order valence-electron chi connectivity index (χ3n) is 2.74. The summed E-state index contributed by atoms with van der Waals surface area (Å²) in [6.07, 6.45) is 2.17. The number of nitrogens with two attached hydrogens (primary N) is 1. The van der Waals surface area contributed by atoms with Crippen molar-refractivity contribution in [3.05, 3.63) is 0 Å². The summed E-state index contributed by atoms with van der Waals surface area (Å²) in [5.41, 5.74) is 4.44. The quantitative estimate of drug-likeness (QED) is 0.518. The molecule has 0 aromatic rings. The molecule has 2 aliphatic rings. The number of nitrogens with zero attached hydrogens (tertiary/aromatic N) is 1. The molecule has 2 amide bonds. The Bertz CT molecular complexity index is 305. The lowest BCUT2D eigenvalue weighted by atomic mass is 9.67. The van der Waals surface area contributed by atoms with E-state index in [-0.39, 0.29) is 24.2 Å². The second-order valence-corrected chi connectivity index (χ2v) is 3.46. The smallest absolute Gasteiger partial charge is 0.263 e. The standard InChI is InChI=1S/C8H11N3O2/c9-4-5-10-6(12)8(2-1-3-8)7(13)11-5/h1-4,9H2,(H,10,11,12,13). The highest BCUT2D eigenvalue weighted by Crippen LogP contribution is 2.43. The molecule has 0 aromatic heterocycles. The molecule has 1 fully saturated rings. The molecule has 0 radical (unpaired) electrons. The van der Waals surface area contributed by atoms with Crippen molar-refractivity contribution in [3.63, 3.8) is 0 Å². The second-order valence-electron chi connectivity index (χ2n) is 3.46. The van der Waals surface area contributed by atoms with E-state index < -0.39 is 5.41 Å². The number of amidine groups is 1. The molecular formula is C8H11N3O2. The van der Waals surface area contributed by atoms with Gasteiger partial charge in [-0.15, -0.1) is 0 Å². The van der Waals surface area contributed by atoms with E-state index in [9.17, 15) is 9.59 Å². The lowest BCUT2D eigenvalue weighted by molar-refractivity contribution is -0.147. The van der Waals surface area contributed by atoms with Crippen molar-refractivity contribution in [1.82, 2.24) is 5.32 Å². The van der Waals surface area contributed by atoms with Crippen molar-refractivity contribution in [2.75, 3.05) is 6.54 Å². The van der Waals surface area contributed by atoms with Gasteiger partial charge in [-0.2, -0.15) is 4.99 Å². The minimum Gasteiger partial charge on any atom is -0.324 e. The fourth-order valence-electron chi connectivity index (χ4n) is 1.67. The molecule has 0 atom stereocenters. The van der Waals surface area contributed by atoms with Gasteiger partial charge in [0.25, 0.3) is 5.91 Å². The zero-order valence-electron chi connectivity index (χ0n) is 7.17. The molecule has 1 aliphatic heterocycles. The van der Waals surface area contributed by atoms with Gasteiger partial charge in [-0.05, 0) is 12.8 Å². The molecule has 1 saturated carbocycles. The van der Waals surface area contributed by atoms with Gasteiger partial charge in [0.2, 0.25) is 5.91 Å². The Balaban J connectivity index is 2.30. The third-order valence-corrected chi connectivity index (χ3v) is 2.74. The van der Waals surface area contributed by atoms with Crippen LogP contribution in [0.1, 0.15) is 19.3 Å². The molecule has 1 heterocycles. The topological polar surface area (TPSA) is 84.5 Å². The van der Waals surface area contributed by atoms with Crippen LogP contribution in [0.5, 0.6) is 0 Å². The number of carbonyl (C=O) groups excluding carboxylic acids is 2. The van der Waals surface area contributed by atoms with Crippen LogP contribution < -0.4 is 11.1 Å². The van der Waals surface area contributed by atoms with Gasteiger partial charge in [-0.1, -0.05) is 6.42 Å². The van der Waals surface area contributed by atoms with Gasteiger partial charge in [0.05, 0.1) is 6.54 Å². The van der Waals surface area contributed by atoms with E-state index in [1.165, 1.54) is 0 Å². The van der Waals surface area contributed by atoms with Crippen molar-refractivity contribution < 1.29 is 9.59 Å². The lowest BCUT2D eigenvalue weighted by Crippen LogP contribution is -2.57. The van der Waals surface area contributed by atoms with Crippen LogP contribution in [-0.4, -0.2) is 24.2 Å². The van der Waals surface area contributed by atoms with Gasteiger partial charge in [0.1, 0.15) is 11.3 Å². The van der Waals surface area contributed by atoms with Crippen molar-refractivity contribution >= 4 is 17.6 Å². The number of hydrogen-bond donors (Lipinski definition) is 2. The molecule has 0 aromatic carbocycles. The molecule has 5 nitrogen and oxygen atoms in total. The minimum absolute atomic E-state index is 0.105. The maximum atomic E-state index is 11.5. The van der Waals surface area contributed by atoms with E-state index in [0.29, 0.717) is 12.8 Å². The highest BCUT2D eigenvalue weighted by atomic mass is 16.2. The zero-order valence-corrected chi connectivity index (χ0v) is 7.17. The van der Waals surface area contributed by atoms with Crippen LogP contribution in [0.15, 0.2) is 4.99 Å². The molecule has 0 unspecified atom stereocenters. The van der Waals surface area contributed by atoms with E-state index in [1.807, 2.05) is 0 Å². The summed E-state index contributed by atoms with van der Waals surface area (Å²) in [6.45, 7) is 0.105. The van der Waals surface area contributed by atoms with E-state index in [4.69, 9.17) is 5.73 Å². The first-order valence-electron chi connectivity index (χ1n) is 4.32. The Morgan fingerprint density at radius 3 is 2.54 bits per heavy atom. The van der Waals surface area contributed by atoms with Crippen LogP contribution >= 0.6 is 0 Å². The van der Waals surface area contributed by atoms with Crippen LogP contribution in [0.25, 0.3) is 0 Å². The SMILES string of the molecule is NCC1=NC(=O)C2(CCC2)C(=O)N1. The minimum atomic E-state index is -0.835. The van der Waals surface area contributed by atoms with Crippen molar-refractivity contribution in [3.8, 4) is 0 Å². The molecular weight excluding hydrogens is 170 g/mol.